The molecule has 0 aliphatic carbocycles. The highest BCUT2D eigenvalue weighted by Crippen LogP contribution is 2.32. The van der Waals surface area contributed by atoms with Crippen LogP contribution in [0.5, 0.6) is 0 Å². The lowest BCUT2D eigenvalue weighted by molar-refractivity contribution is -0.143. The van der Waals surface area contributed by atoms with E-state index in [9.17, 15) is 9.18 Å². The number of pyridine rings is 1. The fourth-order valence-electron chi connectivity index (χ4n) is 2.92. The van der Waals surface area contributed by atoms with Crippen molar-refractivity contribution >= 4 is 11.6 Å². The van der Waals surface area contributed by atoms with Gasteiger partial charge >= 0.3 is 0 Å². The van der Waals surface area contributed by atoms with Crippen LogP contribution in [0.1, 0.15) is 30.7 Å². The predicted molar refractivity (Wildman–Crippen MR) is 102 cm³/mol. The molecule has 1 aromatic heterocycles. The number of aliphatic hydroxyl groups is 1. The van der Waals surface area contributed by atoms with Crippen molar-refractivity contribution in [3.8, 4) is 0 Å². The van der Waals surface area contributed by atoms with E-state index in [0.717, 1.165) is 5.56 Å². The van der Waals surface area contributed by atoms with Crippen LogP contribution in [-0.2, 0) is 14.3 Å². The van der Waals surface area contributed by atoms with E-state index in [4.69, 9.17) is 14.6 Å². The molecule has 2 aromatic rings. The Hall–Kier alpha value is -2.77. The van der Waals surface area contributed by atoms with Crippen LogP contribution in [-0.4, -0.2) is 35.5 Å². The van der Waals surface area contributed by atoms with Gasteiger partial charge in [0.25, 0.3) is 5.91 Å². The number of unbranched alkanes of at least 4 members (excludes halogenated alkanes) is 1. The summed E-state index contributed by atoms with van der Waals surface area (Å²) in [6.45, 7) is 0.518. The number of nitrogens with one attached hydrogen (secondary N) is 1. The summed E-state index contributed by atoms with van der Waals surface area (Å²) in [6.07, 6.45) is 6.13. The van der Waals surface area contributed by atoms with Gasteiger partial charge in [0.15, 0.2) is 5.76 Å². The molecule has 0 radical (unpaired) electrons. The van der Waals surface area contributed by atoms with E-state index in [0.29, 0.717) is 31.6 Å². The smallest absolute Gasteiger partial charge is 0.290 e. The Bertz CT molecular complexity index is 796. The van der Waals surface area contributed by atoms with Crippen LogP contribution in [0, 0.1) is 5.82 Å². The number of benzene rings is 1. The Morgan fingerprint density at radius 1 is 1.29 bits per heavy atom. The molecule has 1 aromatic carbocycles. The van der Waals surface area contributed by atoms with Gasteiger partial charge in [-0.25, -0.2) is 4.39 Å². The number of aliphatic hydroxyl groups excluding tert-OH is 1. The molecule has 6 nitrogen and oxygen atoms in total. The van der Waals surface area contributed by atoms with E-state index in [2.05, 4.69) is 10.3 Å². The van der Waals surface area contributed by atoms with Gasteiger partial charge in [-0.05, 0) is 48.7 Å². The number of hydrogen-bond acceptors (Lipinski definition) is 5. The summed E-state index contributed by atoms with van der Waals surface area (Å²) in [7, 11) is 0. The fraction of sp³-hybridized carbons (Fsp3) is 0.333. The van der Waals surface area contributed by atoms with Crippen LogP contribution in [0.15, 0.2) is 60.6 Å². The lowest BCUT2D eigenvalue weighted by atomic mass is 9.93. The number of hydrogen-bond donors (Lipinski definition) is 2. The maximum Gasteiger partial charge on any atom is 0.290 e. The molecule has 2 heterocycles. The number of halogens is 1. The second-order valence-electron chi connectivity index (χ2n) is 6.47. The SMILES string of the molecule is O=C(Nc1cccnc1)C1=C[C@H](c2ccc(F)cc2)C[C@H](OCCCCO)O1. The first kappa shape index (κ1) is 20.0. The van der Waals surface area contributed by atoms with Gasteiger partial charge in [-0.3, -0.25) is 9.78 Å². The fourth-order valence-corrected chi connectivity index (χ4v) is 2.92. The molecule has 148 valence electrons. The Kier molecular flexibility index (Phi) is 7.11. The van der Waals surface area contributed by atoms with Gasteiger partial charge in [0.1, 0.15) is 5.82 Å². The van der Waals surface area contributed by atoms with Crippen molar-refractivity contribution in [1.29, 1.82) is 0 Å². The summed E-state index contributed by atoms with van der Waals surface area (Å²) >= 11 is 0. The summed E-state index contributed by atoms with van der Waals surface area (Å²) in [5.41, 5.74) is 1.43. The van der Waals surface area contributed by atoms with E-state index >= 15 is 0 Å². The molecular weight excluding hydrogens is 363 g/mol. The predicted octanol–water partition coefficient (Wildman–Crippen LogP) is 3.36. The topological polar surface area (TPSA) is 80.7 Å². The molecule has 1 amide bonds. The zero-order valence-electron chi connectivity index (χ0n) is 15.4. The van der Waals surface area contributed by atoms with Gasteiger partial charge in [-0.1, -0.05) is 12.1 Å². The molecule has 2 atom stereocenters. The molecule has 2 N–H and O–H groups in total. The minimum absolute atomic E-state index is 0.103. The first-order chi connectivity index (χ1) is 13.7. The van der Waals surface area contributed by atoms with Crippen LogP contribution in [0.4, 0.5) is 10.1 Å². The highest BCUT2D eigenvalue weighted by Gasteiger charge is 2.28. The molecule has 7 heteroatoms. The van der Waals surface area contributed by atoms with Gasteiger partial charge in [0, 0.05) is 25.1 Å². The standard InChI is InChI=1S/C21H23FN2O4/c22-17-7-5-15(6-8-17)16-12-19(21(26)24-18-4-3-9-23-14-18)28-20(13-16)27-11-2-1-10-25/h3-9,12,14,16,20,25H,1-2,10-11,13H2,(H,24,26)/t16-,20+/m0/s1. The van der Waals surface area contributed by atoms with Gasteiger partial charge in [0.05, 0.1) is 18.5 Å². The van der Waals surface area contributed by atoms with E-state index in [1.165, 1.54) is 12.1 Å². The summed E-state index contributed by atoms with van der Waals surface area (Å²) in [5, 5.41) is 11.6. The largest absolute Gasteiger partial charge is 0.459 e. The molecular formula is C21H23FN2O4. The van der Waals surface area contributed by atoms with Gasteiger partial charge in [0.2, 0.25) is 6.29 Å². The Morgan fingerprint density at radius 3 is 2.82 bits per heavy atom. The first-order valence-electron chi connectivity index (χ1n) is 9.23. The number of anilines is 1. The summed E-state index contributed by atoms with van der Waals surface area (Å²) in [6, 6.07) is 9.63. The highest BCUT2D eigenvalue weighted by atomic mass is 19.1. The second-order valence-corrected chi connectivity index (χ2v) is 6.47. The number of nitrogens with zero attached hydrogens (tertiary/aromatic N) is 1. The minimum Gasteiger partial charge on any atom is -0.459 e. The second kappa shape index (κ2) is 9.96. The molecule has 0 spiro atoms. The van der Waals surface area contributed by atoms with E-state index in [-0.39, 0.29) is 24.1 Å². The Labute approximate surface area is 163 Å². The van der Waals surface area contributed by atoms with Crippen LogP contribution in [0.3, 0.4) is 0 Å². The lowest BCUT2D eigenvalue weighted by Gasteiger charge is -2.29. The van der Waals surface area contributed by atoms with E-state index < -0.39 is 12.2 Å². The molecule has 28 heavy (non-hydrogen) atoms. The third-order valence-electron chi connectivity index (χ3n) is 4.35. The number of aromatic nitrogens is 1. The highest BCUT2D eigenvalue weighted by molar-refractivity contribution is 6.02. The van der Waals surface area contributed by atoms with E-state index in [1.54, 1.807) is 42.7 Å². The number of amides is 1. The molecule has 0 unspecified atom stereocenters. The van der Waals surface area contributed by atoms with Crippen molar-refractivity contribution in [2.45, 2.75) is 31.5 Å². The van der Waals surface area contributed by atoms with Crippen LogP contribution in [0.25, 0.3) is 0 Å². The third-order valence-corrected chi connectivity index (χ3v) is 4.35. The van der Waals surface area contributed by atoms with Crippen LogP contribution in [0.2, 0.25) is 0 Å². The summed E-state index contributed by atoms with van der Waals surface area (Å²) in [4.78, 5) is 16.6. The van der Waals surface area contributed by atoms with Crippen molar-refractivity contribution in [2.75, 3.05) is 18.5 Å². The summed E-state index contributed by atoms with van der Waals surface area (Å²) in [5.74, 6) is -0.710. The maximum absolute atomic E-state index is 13.3. The molecule has 0 bridgehead atoms. The third kappa shape index (κ3) is 5.61. The van der Waals surface area contributed by atoms with Crippen LogP contribution >= 0.6 is 0 Å². The van der Waals surface area contributed by atoms with E-state index in [1.807, 2.05) is 0 Å². The van der Waals surface area contributed by atoms with Crippen molar-refractivity contribution in [1.82, 2.24) is 4.98 Å². The quantitative estimate of drug-likeness (QED) is 0.680. The summed E-state index contributed by atoms with van der Waals surface area (Å²) < 4.78 is 24.8. The van der Waals surface area contributed by atoms with Crippen molar-refractivity contribution in [3.05, 3.63) is 72.0 Å². The molecule has 0 fully saturated rings. The number of ether oxygens (including phenoxy) is 2. The molecule has 1 aliphatic rings. The first-order valence-corrected chi connectivity index (χ1v) is 9.23. The average Bonchev–Trinajstić information content (AvgIpc) is 2.72. The van der Waals surface area contributed by atoms with Gasteiger partial charge in [-0.15, -0.1) is 0 Å². The molecule has 0 saturated heterocycles. The van der Waals surface area contributed by atoms with Crippen molar-refractivity contribution < 1.29 is 23.8 Å². The van der Waals surface area contributed by atoms with Gasteiger partial charge in [-0.2, -0.15) is 0 Å². The Morgan fingerprint density at radius 2 is 2.11 bits per heavy atom. The number of rotatable bonds is 8. The lowest BCUT2D eigenvalue weighted by Crippen LogP contribution is -2.29. The zero-order valence-corrected chi connectivity index (χ0v) is 15.4. The van der Waals surface area contributed by atoms with Crippen LogP contribution < -0.4 is 5.32 Å². The monoisotopic (exact) mass is 386 g/mol. The van der Waals surface area contributed by atoms with Crippen molar-refractivity contribution in [3.63, 3.8) is 0 Å². The number of allylic oxidation sites excluding steroid dienone is 1. The minimum atomic E-state index is -0.603. The number of carbonyl (C=O) groups is 1. The number of carbonyl (C=O) groups excluding carboxylic acids is 1. The normalized spacial score (nSPS) is 18.9. The van der Waals surface area contributed by atoms with Gasteiger partial charge < -0.3 is 19.9 Å². The zero-order chi connectivity index (χ0) is 19.8. The molecule has 1 aliphatic heterocycles. The maximum atomic E-state index is 13.3. The Balaban J connectivity index is 1.74. The molecule has 0 saturated carbocycles. The average molecular weight is 386 g/mol. The molecule has 3 rings (SSSR count). The van der Waals surface area contributed by atoms with Crippen molar-refractivity contribution in [2.24, 2.45) is 0 Å².